The minimum atomic E-state index is 0. The van der Waals surface area contributed by atoms with Crippen molar-refractivity contribution in [3.63, 3.8) is 0 Å². The molecule has 19 heavy (non-hydrogen) atoms. The van der Waals surface area contributed by atoms with Gasteiger partial charge in [-0.1, -0.05) is 24.3 Å². The van der Waals surface area contributed by atoms with E-state index in [1.807, 2.05) is 6.20 Å². The maximum atomic E-state index is 5.36. The molecule has 0 radical (unpaired) electrons. The lowest BCUT2D eigenvalue weighted by Gasteiger charge is -2.28. The Morgan fingerprint density at radius 2 is 1.68 bits per heavy atom. The summed E-state index contributed by atoms with van der Waals surface area (Å²) < 4.78 is 5.36. The summed E-state index contributed by atoms with van der Waals surface area (Å²) in [7, 11) is 0. The Morgan fingerprint density at radius 3 is 2.42 bits per heavy atom. The summed E-state index contributed by atoms with van der Waals surface area (Å²) >= 11 is 0. The summed E-state index contributed by atoms with van der Waals surface area (Å²) in [4.78, 5) is 6.80. The van der Waals surface area contributed by atoms with Crippen LogP contribution in [0, 0.1) is 0 Å². The van der Waals surface area contributed by atoms with Crippen LogP contribution in [0.2, 0.25) is 0 Å². The number of pyridine rings is 1. The van der Waals surface area contributed by atoms with Gasteiger partial charge in [-0.25, -0.2) is 4.98 Å². The van der Waals surface area contributed by atoms with Crippen LogP contribution in [0.15, 0.2) is 36.5 Å². The molecular weight excluding hydrogens is 312 g/mol. The summed E-state index contributed by atoms with van der Waals surface area (Å²) in [5.74, 6) is 1.08. The van der Waals surface area contributed by atoms with Gasteiger partial charge in [-0.15, -0.1) is 17.0 Å². The average molecular weight is 331 g/mol. The fraction of sp³-hybridized carbons (Fsp3) is 0.308. The van der Waals surface area contributed by atoms with Crippen molar-refractivity contribution in [2.75, 3.05) is 31.2 Å². The fourth-order valence-electron chi connectivity index (χ4n) is 2.13. The molecule has 2 heterocycles. The highest BCUT2D eigenvalue weighted by molar-refractivity contribution is 8.93. The molecule has 1 fully saturated rings. The summed E-state index contributed by atoms with van der Waals surface area (Å²) in [6.45, 7) is 3.46. The van der Waals surface area contributed by atoms with E-state index in [9.17, 15) is 0 Å². The van der Waals surface area contributed by atoms with Gasteiger partial charge in [-0.3, -0.25) is 0 Å². The van der Waals surface area contributed by atoms with Gasteiger partial charge in [0.2, 0.25) is 0 Å². The number of nitrogens with zero attached hydrogens (tertiary/aromatic N) is 2. The van der Waals surface area contributed by atoms with Crippen molar-refractivity contribution in [2.24, 2.45) is 0 Å². The summed E-state index contributed by atoms with van der Waals surface area (Å²) in [6.07, 6.45) is 1.88. The Balaban J connectivity index is 0.00000108. The van der Waals surface area contributed by atoms with Crippen molar-refractivity contribution in [1.29, 1.82) is 0 Å². The molecule has 0 spiro atoms. The standard InChI is InChI=1S/C13H14N2O.BrH.2H2O/c1-2-4-12-11(3-1)5-6-14-13(12)15-7-9-16-10-8-15;;;/h1-6H,7-10H2;1H;2*1H2. The Bertz CT molecular complexity index is 499. The Morgan fingerprint density at radius 1 is 1.00 bits per heavy atom. The number of fused-ring (bicyclic) bond motifs is 1. The highest BCUT2D eigenvalue weighted by atomic mass is 79.9. The lowest BCUT2D eigenvalue weighted by atomic mass is 10.1. The average Bonchev–Trinajstić information content (AvgIpc) is 2.39. The third-order valence-electron chi connectivity index (χ3n) is 2.96. The molecule has 0 saturated carbocycles. The monoisotopic (exact) mass is 330 g/mol. The third kappa shape index (κ3) is 3.63. The second-order valence-electron chi connectivity index (χ2n) is 3.96. The lowest BCUT2D eigenvalue weighted by molar-refractivity contribution is 0.122. The molecule has 1 aromatic heterocycles. The molecule has 1 aliphatic heterocycles. The number of rotatable bonds is 1. The number of halogens is 1. The molecule has 0 atom stereocenters. The number of anilines is 1. The van der Waals surface area contributed by atoms with Gasteiger partial charge in [0.15, 0.2) is 0 Å². The van der Waals surface area contributed by atoms with E-state index in [2.05, 4.69) is 40.2 Å². The second-order valence-corrected chi connectivity index (χ2v) is 3.96. The van der Waals surface area contributed by atoms with Crippen LogP contribution in [0.5, 0.6) is 0 Å². The molecule has 0 amide bonds. The highest BCUT2D eigenvalue weighted by Crippen LogP contribution is 2.24. The van der Waals surface area contributed by atoms with Crippen molar-refractivity contribution >= 4 is 33.6 Å². The zero-order valence-electron chi connectivity index (χ0n) is 10.5. The molecule has 0 bridgehead atoms. The number of hydrogen-bond donors (Lipinski definition) is 0. The first-order valence-electron chi connectivity index (χ1n) is 5.61. The van der Waals surface area contributed by atoms with Gasteiger partial charge in [0.1, 0.15) is 5.82 Å². The van der Waals surface area contributed by atoms with Crippen LogP contribution in [0.4, 0.5) is 5.82 Å². The Hall–Kier alpha value is -1.21. The molecular formula is C13H19BrN2O3. The van der Waals surface area contributed by atoms with Crippen molar-refractivity contribution in [1.82, 2.24) is 4.98 Å². The van der Waals surface area contributed by atoms with Crippen LogP contribution in [-0.4, -0.2) is 42.2 Å². The number of ether oxygens (including phenoxy) is 1. The zero-order valence-corrected chi connectivity index (χ0v) is 12.2. The van der Waals surface area contributed by atoms with E-state index in [1.165, 1.54) is 10.8 Å². The summed E-state index contributed by atoms with van der Waals surface area (Å²) in [6, 6.07) is 10.4. The Kier molecular flexibility index (Phi) is 7.55. The van der Waals surface area contributed by atoms with E-state index < -0.39 is 0 Å². The molecule has 4 N–H and O–H groups in total. The van der Waals surface area contributed by atoms with Crippen molar-refractivity contribution in [3.05, 3.63) is 36.5 Å². The van der Waals surface area contributed by atoms with Gasteiger partial charge in [-0.2, -0.15) is 0 Å². The number of aromatic nitrogens is 1. The van der Waals surface area contributed by atoms with Crippen LogP contribution in [0.1, 0.15) is 0 Å². The van der Waals surface area contributed by atoms with Gasteiger partial charge >= 0.3 is 0 Å². The smallest absolute Gasteiger partial charge is 0.136 e. The molecule has 5 nitrogen and oxygen atoms in total. The SMILES string of the molecule is Br.O.O.c1ccc2c(N3CCOCC3)nccc2c1. The van der Waals surface area contributed by atoms with Crippen molar-refractivity contribution < 1.29 is 15.7 Å². The molecule has 106 valence electrons. The molecule has 1 aliphatic rings. The maximum Gasteiger partial charge on any atom is 0.136 e. The van der Waals surface area contributed by atoms with E-state index >= 15 is 0 Å². The van der Waals surface area contributed by atoms with Crippen LogP contribution >= 0.6 is 17.0 Å². The number of benzene rings is 1. The Labute approximate surface area is 122 Å². The van der Waals surface area contributed by atoms with Gasteiger partial charge in [-0.05, 0) is 11.5 Å². The summed E-state index contributed by atoms with van der Waals surface area (Å²) in [5.41, 5.74) is 0. The minimum Gasteiger partial charge on any atom is -0.412 e. The third-order valence-corrected chi connectivity index (χ3v) is 2.96. The molecule has 0 aliphatic carbocycles. The van der Waals surface area contributed by atoms with E-state index in [-0.39, 0.29) is 27.9 Å². The fourth-order valence-corrected chi connectivity index (χ4v) is 2.13. The van der Waals surface area contributed by atoms with E-state index in [4.69, 9.17) is 4.74 Å². The first-order chi connectivity index (χ1) is 7.95. The minimum absolute atomic E-state index is 0. The van der Waals surface area contributed by atoms with E-state index in [0.29, 0.717) is 0 Å². The molecule has 1 saturated heterocycles. The topological polar surface area (TPSA) is 88.4 Å². The predicted octanol–water partition coefficient (Wildman–Crippen LogP) is 1.000. The van der Waals surface area contributed by atoms with Gasteiger partial charge in [0.25, 0.3) is 0 Å². The number of morpholine rings is 1. The maximum absolute atomic E-state index is 5.36. The van der Waals surface area contributed by atoms with Crippen LogP contribution < -0.4 is 4.90 Å². The molecule has 2 aromatic rings. The van der Waals surface area contributed by atoms with Gasteiger partial charge in [0.05, 0.1) is 13.2 Å². The van der Waals surface area contributed by atoms with E-state index in [0.717, 1.165) is 32.1 Å². The summed E-state index contributed by atoms with van der Waals surface area (Å²) in [5, 5.41) is 2.48. The second kappa shape index (κ2) is 8.06. The van der Waals surface area contributed by atoms with Gasteiger partial charge in [0, 0.05) is 24.7 Å². The van der Waals surface area contributed by atoms with Crippen LogP contribution in [0.25, 0.3) is 10.8 Å². The first-order valence-corrected chi connectivity index (χ1v) is 5.61. The van der Waals surface area contributed by atoms with Crippen LogP contribution in [-0.2, 0) is 4.74 Å². The zero-order chi connectivity index (χ0) is 10.8. The largest absolute Gasteiger partial charge is 0.412 e. The van der Waals surface area contributed by atoms with Crippen molar-refractivity contribution in [2.45, 2.75) is 0 Å². The predicted molar refractivity (Wildman–Crippen MR) is 82.3 cm³/mol. The quantitative estimate of drug-likeness (QED) is 0.781. The lowest BCUT2D eigenvalue weighted by Crippen LogP contribution is -2.36. The van der Waals surface area contributed by atoms with Crippen LogP contribution in [0.3, 0.4) is 0 Å². The molecule has 0 unspecified atom stereocenters. The molecule has 3 rings (SSSR count). The normalized spacial score (nSPS) is 14.0. The first kappa shape index (κ1) is 17.8. The number of hydrogen-bond acceptors (Lipinski definition) is 3. The van der Waals surface area contributed by atoms with E-state index in [1.54, 1.807) is 0 Å². The molecule has 6 heteroatoms. The highest BCUT2D eigenvalue weighted by Gasteiger charge is 2.14. The van der Waals surface area contributed by atoms with Gasteiger partial charge < -0.3 is 20.6 Å². The molecule has 1 aromatic carbocycles. The van der Waals surface area contributed by atoms with Crippen molar-refractivity contribution in [3.8, 4) is 0 Å².